The number of aromatic nitrogens is 3. The minimum Gasteiger partial charge on any atom is -0.495 e. The number of fused-ring (bicyclic) bond motifs is 2. The predicted molar refractivity (Wildman–Crippen MR) is 154 cm³/mol. The van der Waals surface area contributed by atoms with Crippen LogP contribution >= 0.6 is 0 Å². The van der Waals surface area contributed by atoms with E-state index in [0.717, 1.165) is 33.0 Å². The number of ether oxygens (including phenoxy) is 1. The van der Waals surface area contributed by atoms with E-state index in [1.165, 1.54) is 6.92 Å². The lowest BCUT2D eigenvalue weighted by Crippen LogP contribution is -2.21. The van der Waals surface area contributed by atoms with Crippen LogP contribution in [-0.4, -0.2) is 29.0 Å². The maximum Gasteiger partial charge on any atom is 0.349 e. The summed E-state index contributed by atoms with van der Waals surface area (Å²) >= 11 is 0. The van der Waals surface area contributed by atoms with Gasteiger partial charge in [-0.2, -0.15) is 0 Å². The van der Waals surface area contributed by atoms with Crippen molar-refractivity contribution >= 4 is 51.2 Å². The Hall–Kier alpha value is -4.92. The lowest BCUT2D eigenvalue weighted by atomic mass is 9.87. The molecule has 0 saturated carbocycles. The van der Waals surface area contributed by atoms with Gasteiger partial charge in [0, 0.05) is 17.9 Å². The van der Waals surface area contributed by atoms with Gasteiger partial charge in [-0.05, 0) is 51.2 Å². The molecule has 0 aliphatic carbocycles. The fraction of sp³-hybridized carbons (Fsp3) is 0.200. The maximum atomic E-state index is 13.1. The van der Waals surface area contributed by atoms with Crippen molar-refractivity contribution in [2.24, 2.45) is 0 Å². The Morgan fingerprint density at radius 2 is 1.67 bits per heavy atom. The molecule has 39 heavy (non-hydrogen) atoms. The van der Waals surface area contributed by atoms with E-state index in [1.807, 2.05) is 66.9 Å². The van der Waals surface area contributed by atoms with Crippen LogP contribution in [0.5, 0.6) is 5.75 Å². The molecule has 0 fully saturated rings. The Morgan fingerprint density at radius 1 is 0.923 bits per heavy atom. The minimum atomic E-state index is -0.366. The number of pyridine rings is 1. The molecule has 0 bridgehead atoms. The molecule has 0 aliphatic rings. The molecule has 5 N–H and O–H groups in total. The molecule has 198 valence electrons. The van der Waals surface area contributed by atoms with Crippen molar-refractivity contribution in [2.75, 3.05) is 23.1 Å². The Bertz CT molecular complexity index is 1720. The number of hydrogen-bond acceptors (Lipinski definition) is 4. The number of carbonyl (C=O) groups is 2. The number of nitrogens with zero attached hydrogens (tertiary/aromatic N) is 1. The van der Waals surface area contributed by atoms with Crippen molar-refractivity contribution in [1.29, 1.82) is 0 Å². The first-order valence-electron chi connectivity index (χ1n) is 12.6. The number of benzene rings is 3. The topological polar surface area (TPSA) is 122 Å². The molecule has 0 atom stereocenters. The Kier molecular flexibility index (Phi) is 6.66. The molecule has 0 aliphatic heterocycles. The van der Waals surface area contributed by atoms with Crippen molar-refractivity contribution in [2.45, 2.75) is 33.1 Å². The van der Waals surface area contributed by atoms with Gasteiger partial charge in [-0.1, -0.05) is 57.2 Å². The highest BCUT2D eigenvalue weighted by Crippen LogP contribution is 2.35. The second-order valence-corrected chi connectivity index (χ2v) is 10.4. The van der Waals surface area contributed by atoms with E-state index >= 15 is 0 Å². The summed E-state index contributed by atoms with van der Waals surface area (Å²) in [5.74, 6) is 0.768. The van der Waals surface area contributed by atoms with E-state index < -0.39 is 0 Å². The molecule has 3 amide bonds. The van der Waals surface area contributed by atoms with Gasteiger partial charge in [-0.3, -0.25) is 15.1 Å². The second-order valence-electron chi connectivity index (χ2n) is 10.4. The third kappa shape index (κ3) is 5.38. The van der Waals surface area contributed by atoms with Crippen LogP contribution in [0.3, 0.4) is 0 Å². The van der Waals surface area contributed by atoms with E-state index in [1.54, 1.807) is 7.11 Å². The zero-order valence-electron chi connectivity index (χ0n) is 22.5. The fourth-order valence-corrected chi connectivity index (χ4v) is 4.53. The molecule has 5 aromatic rings. The fourth-order valence-electron chi connectivity index (χ4n) is 4.53. The zero-order valence-corrected chi connectivity index (χ0v) is 22.5. The van der Waals surface area contributed by atoms with Gasteiger partial charge in [0.05, 0.1) is 24.7 Å². The highest BCUT2D eigenvalue weighted by molar-refractivity contribution is 6.10. The molecule has 0 unspecified atom stereocenters. The number of methoxy groups -OCH3 is 1. The molecular weight excluding hydrogens is 492 g/mol. The van der Waals surface area contributed by atoms with Crippen molar-refractivity contribution in [3.05, 3.63) is 72.4 Å². The number of carbonyl (C=O) groups excluding carboxylic acids is 2. The number of urea groups is 1. The lowest BCUT2D eigenvalue weighted by molar-refractivity contribution is -0.346. The minimum absolute atomic E-state index is 0.0760. The van der Waals surface area contributed by atoms with Crippen molar-refractivity contribution in [1.82, 2.24) is 9.97 Å². The highest BCUT2D eigenvalue weighted by Gasteiger charge is 2.19. The third-order valence-corrected chi connectivity index (χ3v) is 6.49. The van der Waals surface area contributed by atoms with Gasteiger partial charge in [-0.25, -0.2) is 9.78 Å². The summed E-state index contributed by atoms with van der Waals surface area (Å²) in [5.41, 5.74) is 5.58. The smallest absolute Gasteiger partial charge is 0.349 e. The molecule has 0 radical (unpaired) electrons. The summed E-state index contributed by atoms with van der Waals surface area (Å²) in [6.45, 7) is 7.80. The molecule has 2 heterocycles. The van der Waals surface area contributed by atoms with Crippen molar-refractivity contribution in [3.8, 4) is 16.9 Å². The largest absolute Gasteiger partial charge is 0.495 e. The summed E-state index contributed by atoms with van der Waals surface area (Å²) < 4.78 is 5.48. The van der Waals surface area contributed by atoms with Gasteiger partial charge in [0.2, 0.25) is 5.91 Å². The second kappa shape index (κ2) is 10.1. The SMILES string of the molecule is COc1ccc(C(C)(C)C)cc1NC(=O)Nc1ccc(-c2c[nH+]c3nc(NC(C)=O)[nH]c3c2)c2ccccc12. The number of anilines is 3. The summed E-state index contributed by atoms with van der Waals surface area (Å²) in [4.78, 5) is 35.2. The monoisotopic (exact) mass is 523 g/mol. The van der Waals surface area contributed by atoms with Crippen LogP contribution in [0, 0.1) is 0 Å². The van der Waals surface area contributed by atoms with Crippen LogP contribution in [0.25, 0.3) is 33.1 Å². The van der Waals surface area contributed by atoms with Crippen molar-refractivity contribution < 1.29 is 19.3 Å². The lowest BCUT2D eigenvalue weighted by Gasteiger charge is -2.21. The van der Waals surface area contributed by atoms with E-state index in [2.05, 4.69) is 51.7 Å². The first-order chi connectivity index (χ1) is 18.6. The van der Waals surface area contributed by atoms with Crippen LogP contribution < -0.4 is 25.7 Å². The predicted octanol–water partition coefficient (Wildman–Crippen LogP) is 6.11. The first-order valence-corrected chi connectivity index (χ1v) is 12.6. The van der Waals surface area contributed by atoms with E-state index in [9.17, 15) is 9.59 Å². The summed E-state index contributed by atoms with van der Waals surface area (Å²) in [5, 5.41) is 10.5. The van der Waals surface area contributed by atoms with Crippen LogP contribution in [0.1, 0.15) is 33.3 Å². The number of imidazole rings is 1. The average Bonchev–Trinajstić information content (AvgIpc) is 3.29. The van der Waals surface area contributed by atoms with Gasteiger partial charge in [-0.15, -0.1) is 0 Å². The number of aromatic amines is 2. The van der Waals surface area contributed by atoms with Gasteiger partial charge in [0.1, 0.15) is 11.3 Å². The van der Waals surface area contributed by atoms with Gasteiger partial charge in [0.25, 0.3) is 0 Å². The number of H-pyrrole nitrogens is 2. The number of nitrogens with one attached hydrogen (secondary N) is 5. The molecule has 9 heteroatoms. The van der Waals surface area contributed by atoms with E-state index in [4.69, 9.17) is 4.74 Å². The standard InChI is InChI=1S/C30H30N6O3/c1-17(37)32-28-33-25-14-18(16-31-27(25)36-28)20-11-12-23(22-9-7-6-8-21(20)22)34-29(38)35-24-15-19(30(2,3)4)10-13-26(24)39-5/h6-16H,1-5H3,(H2,34,35,38)(H2,31,32,33,36,37)/p+1. The van der Waals surface area contributed by atoms with E-state index in [-0.39, 0.29) is 17.4 Å². The maximum absolute atomic E-state index is 13.1. The highest BCUT2D eigenvalue weighted by atomic mass is 16.5. The van der Waals surface area contributed by atoms with Crippen molar-refractivity contribution in [3.63, 3.8) is 0 Å². The molecule has 9 nitrogen and oxygen atoms in total. The third-order valence-electron chi connectivity index (χ3n) is 6.49. The molecule has 2 aromatic heterocycles. The molecule has 0 spiro atoms. The summed E-state index contributed by atoms with van der Waals surface area (Å²) in [6.07, 6.45) is 1.87. The van der Waals surface area contributed by atoms with Gasteiger partial charge < -0.3 is 15.4 Å². The van der Waals surface area contributed by atoms with Crippen LogP contribution in [0.2, 0.25) is 0 Å². The molecular formula is C30H31N6O3+. The van der Waals surface area contributed by atoms with Gasteiger partial charge >= 0.3 is 17.6 Å². The first kappa shape index (κ1) is 25.7. The Labute approximate surface area is 226 Å². The summed E-state index contributed by atoms with van der Waals surface area (Å²) in [7, 11) is 1.58. The number of rotatable bonds is 5. The number of hydrogen-bond donors (Lipinski definition) is 4. The Morgan fingerprint density at radius 3 is 2.38 bits per heavy atom. The van der Waals surface area contributed by atoms with E-state index in [0.29, 0.717) is 28.7 Å². The van der Waals surface area contributed by atoms with Gasteiger partial charge in [0.15, 0.2) is 0 Å². The van der Waals surface area contributed by atoms with Crippen LogP contribution in [-0.2, 0) is 10.2 Å². The van der Waals surface area contributed by atoms with Crippen LogP contribution in [0.4, 0.5) is 22.1 Å². The molecule has 5 rings (SSSR count). The molecule has 3 aromatic carbocycles. The zero-order chi connectivity index (χ0) is 27.7. The van der Waals surface area contributed by atoms with Crippen LogP contribution in [0.15, 0.2) is 66.9 Å². The normalized spacial score (nSPS) is 11.4. The summed E-state index contributed by atoms with van der Waals surface area (Å²) in [6, 6.07) is 19.2. The number of amides is 3. The quantitative estimate of drug-likeness (QED) is 0.222. The average molecular weight is 524 g/mol. The molecule has 0 saturated heterocycles. The Balaban J connectivity index is 1.45.